The number of rotatable bonds is 3. The van der Waals surface area contributed by atoms with Crippen molar-refractivity contribution in [2.24, 2.45) is 0 Å². The van der Waals surface area contributed by atoms with Crippen molar-refractivity contribution in [2.45, 2.75) is 26.2 Å². The highest BCUT2D eigenvalue weighted by atomic mass is 15.1. The van der Waals surface area contributed by atoms with Crippen LogP contribution in [0.5, 0.6) is 0 Å². The normalized spacial score (nSPS) is 11.9. The summed E-state index contributed by atoms with van der Waals surface area (Å²) in [6.45, 7) is 6.88. The molecule has 0 aliphatic rings. The molecule has 0 aliphatic carbocycles. The molecule has 2 heteroatoms. The van der Waals surface area contributed by atoms with Gasteiger partial charge in [-0.15, -0.1) is 0 Å². The highest BCUT2D eigenvalue weighted by Crippen LogP contribution is 2.42. The molecule has 5 aromatic rings. The van der Waals surface area contributed by atoms with Crippen molar-refractivity contribution in [3.63, 3.8) is 0 Å². The first kappa shape index (κ1) is 20.4. The molecule has 0 N–H and O–H groups in total. The molecule has 0 fully saturated rings. The van der Waals surface area contributed by atoms with Crippen molar-refractivity contribution in [1.29, 1.82) is 0 Å². The van der Waals surface area contributed by atoms with E-state index < -0.39 is 0 Å². The fourth-order valence-corrected chi connectivity index (χ4v) is 4.91. The molecule has 5 rings (SSSR count). The lowest BCUT2D eigenvalue weighted by atomic mass is 9.85. The molecule has 0 radical (unpaired) electrons. The average molecular weight is 419 g/mol. The van der Waals surface area contributed by atoms with E-state index in [-0.39, 0.29) is 5.41 Å². The number of anilines is 1. The van der Waals surface area contributed by atoms with E-state index in [0.717, 1.165) is 0 Å². The maximum absolute atomic E-state index is 2.47. The van der Waals surface area contributed by atoms with Gasteiger partial charge in [-0.3, -0.25) is 0 Å². The van der Waals surface area contributed by atoms with Crippen molar-refractivity contribution < 1.29 is 0 Å². The summed E-state index contributed by atoms with van der Waals surface area (Å²) in [6, 6.07) is 32.9. The van der Waals surface area contributed by atoms with Crippen LogP contribution in [0.1, 0.15) is 26.3 Å². The first-order chi connectivity index (χ1) is 15.4. The summed E-state index contributed by atoms with van der Waals surface area (Å²) in [5, 5.41) is 2.57. The third-order valence-corrected chi connectivity index (χ3v) is 6.29. The Kier molecular flexibility index (Phi) is 4.82. The largest absolute Gasteiger partial charge is 0.376 e. The van der Waals surface area contributed by atoms with Crippen LogP contribution in [0, 0.1) is 0 Å². The van der Waals surface area contributed by atoms with Gasteiger partial charge in [0.15, 0.2) is 0 Å². The van der Waals surface area contributed by atoms with Crippen LogP contribution in [0.4, 0.5) is 5.69 Å². The molecule has 4 aromatic carbocycles. The summed E-state index contributed by atoms with van der Waals surface area (Å²) in [7, 11) is 4.31. The zero-order chi connectivity index (χ0) is 22.5. The summed E-state index contributed by atoms with van der Waals surface area (Å²) in [5.74, 6) is 0. The molecule has 2 nitrogen and oxygen atoms in total. The van der Waals surface area contributed by atoms with E-state index in [4.69, 9.17) is 0 Å². The maximum Gasteiger partial charge on any atom is 0.0698 e. The highest BCUT2D eigenvalue weighted by Gasteiger charge is 2.24. The standard InChI is InChI=1S/C30H30N2/c1-30(2,3)25-18-12-20-27(29(25)31(4)5)32-26-19-10-9-15-23(26)24-17-11-16-22(28(24)32)21-13-7-6-8-14-21/h6-20H,1-5H3. The van der Waals surface area contributed by atoms with Crippen molar-refractivity contribution in [2.75, 3.05) is 19.0 Å². The molecule has 0 aliphatic heterocycles. The Hall–Kier alpha value is -3.52. The molecule has 1 aromatic heterocycles. The van der Waals surface area contributed by atoms with Crippen molar-refractivity contribution in [3.8, 4) is 16.8 Å². The smallest absolute Gasteiger partial charge is 0.0698 e. The highest BCUT2D eigenvalue weighted by molar-refractivity contribution is 6.14. The fraction of sp³-hybridized carbons (Fsp3) is 0.200. The van der Waals surface area contributed by atoms with Crippen LogP contribution in [-0.4, -0.2) is 18.7 Å². The molecule has 1 heterocycles. The van der Waals surface area contributed by atoms with Crippen LogP contribution in [0.3, 0.4) is 0 Å². The Bertz CT molecular complexity index is 1420. The predicted molar refractivity (Wildman–Crippen MR) is 139 cm³/mol. The Morgan fingerprint density at radius 1 is 0.656 bits per heavy atom. The number of fused-ring (bicyclic) bond motifs is 3. The van der Waals surface area contributed by atoms with Crippen LogP contribution < -0.4 is 4.90 Å². The maximum atomic E-state index is 2.47. The molecule has 0 amide bonds. The molecular formula is C30H30N2. The zero-order valence-electron chi connectivity index (χ0n) is 19.6. The van der Waals surface area contributed by atoms with Gasteiger partial charge in [0.05, 0.1) is 22.4 Å². The number of aromatic nitrogens is 1. The summed E-state index contributed by atoms with van der Waals surface area (Å²) in [5.41, 5.74) is 8.86. The van der Waals surface area contributed by atoms with Crippen LogP contribution in [-0.2, 0) is 5.41 Å². The third-order valence-electron chi connectivity index (χ3n) is 6.29. The molecule has 32 heavy (non-hydrogen) atoms. The molecular weight excluding hydrogens is 388 g/mol. The quantitative estimate of drug-likeness (QED) is 0.290. The molecule has 0 atom stereocenters. The minimum Gasteiger partial charge on any atom is -0.376 e. The second kappa shape index (κ2) is 7.56. The Morgan fingerprint density at radius 2 is 1.31 bits per heavy atom. The van der Waals surface area contributed by atoms with E-state index in [1.165, 1.54) is 49.9 Å². The number of para-hydroxylation sites is 3. The van der Waals surface area contributed by atoms with Gasteiger partial charge in [-0.1, -0.05) is 99.6 Å². The van der Waals surface area contributed by atoms with E-state index in [1.54, 1.807) is 0 Å². The lowest BCUT2D eigenvalue weighted by Gasteiger charge is -2.29. The minimum atomic E-state index is 0.0383. The summed E-state index contributed by atoms with van der Waals surface area (Å²) >= 11 is 0. The SMILES string of the molecule is CN(C)c1c(-n2c3ccccc3c3cccc(-c4ccccc4)c32)cccc1C(C)(C)C. The molecule has 0 saturated heterocycles. The Labute approximate surface area is 190 Å². The minimum absolute atomic E-state index is 0.0383. The molecule has 0 bridgehead atoms. The average Bonchev–Trinajstić information content (AvgIpc) is 3.13. The van der Waals surface area contributed by atoms with E-state index in [9.17, 15) is 0 Å². The second-order valence-corrected chi connectivity index (χ2v) is 9.74. The van der Waals surface area contributed by atoms with Crippen LogP contribution in [0.25, 0.3) is 38.6 Å². The predicted octanol–water partition coefficient (Wildman–Crippen LogP) is 7.81. The van der Waals surface area contributed by atoms with Gasteiger partial charge in [-0.2, -0.15) is 0 Å². The lowest BCUT2D eigenvalue weighted by Crippen LogP contribution is -2.21. The Balaban J connectivity index is 1.98. The van der Waals surface area contributed by atoms with Crippen molar-refractivity contribution in [1.82, 2.24) is 4.57 Å². The van der Waals surface area contributed by atoms with E-state index in [0.29, 0.717) is 0 Å². The van der Waals surface area contributed by atoms with Gasteiger partial charge in [0, 0.05) is 30.4 Å². The van der Waals surface area contributed by atoms with E-state index >= 15 is 0 Å². The van der Waals surface area contributed by atoms with Gasteiger partial charge >= 0.3 is 0 Å². The fourth-order valence-electron chi connectivity index (χ4n) is 4.91. The van der Waals surface area contributed by atoms with Gasteiger partial charge in [-0.05, 0) is 28.7 Å². The Morgan fingerprint density at radius 3 is 2.03 bits per heavy atom. The van der Waals surface area contributed by atoms with Crippen LogP contribution in [0.2, 0.25) is 0 Å². The van der Waals surface area contributed by atoms with Crippen molar-refractivity contribution in [3.05, 3.63) is 96.6 Å². The second-order valence-electron chi connectivity index (χ2n) is 9.74. The van der Waals surface area contributed by atoms with Gasteiger partial charge in [0.1, 0.15) is 0 Å². The first-order valence-corrected chi connectivity index (χ1v) is 11.3. The van der Waals surface area contributed by atoms with Crippen LogP contribution in [0.15, 0.2) is 91.0 Å². The summed E-state index contributed by atoms with van der Waals surface area (Å²) in [4.78, 5) is 2.27. The summed E-state index contributed by atoms with van der Waals surface area (Å²) in [6.07, 6.45) is 0. The summed E-state index contributed by atoms with van der Waals surface area (Å²) < 4.78 is 2.47. The van der Waals surface area contributed by atoms with Gasteiger partial charge in [0.25, 0.3) is 0 Å². The lowest BCUT2D eigenvalue weighted by molar-refractivity contribution is 0.589. The first-order valence-electron chi connectivity index (χ1n) is 11.3. The van der Waals surface area contributed by atoms with E-state index in [2.05, 4.69) is 135 Å². The van der Waals surface area contributed by atoms with E-state index in [1.807, 2.05) is 0 Å². The monoisotopic (exact) mass is 418 g/mol. The molecule has 0 spiro atoms. The van der Waals surface area contributed by atoms with Gasteiger partial charge < -0.3 is 9.47 Å². The van der Waals surface area contributed by atoms with Crippen LogP contribution >= 0.6 is 0 Å². The number of hydrogen-bond acceptors (Lipinski definition) is 1. The topological polar surface area (TPSA) is 8.17 Å². The zero-order valence-corrected chi connectivity index (χ0v) is 19.6. The number of nitrogens with zero attached hydrogens (tertiary/aromatic N) is 2. The van der Waals surface area contributed by atoms with Gasteiger partial charge in [0.2, 0.25) is 0 Å². The molecule has 0 unspecified atom stereocenters. The van der Waals surface area contributed by atoms with Gasteiger partial charge in [-0.25, -0.2) is 0 Å². The number of hydrogen-bond donors (Lipinski definition) is 0. The van der Waals surface area contributed by atoms with Crippen molar-refractivity contribution >= 4 is 27.5 Å². The molecule has 0 saturated carbocycles. The third kappa shape index (κ3) is 3.18. The number of benzene rings is 4. The molecule has 160 valence electrons.